The highest BCUT2D eigenvalue weighted by Gasteiger charge is 2.29. The van der Waals surface area contributed by atoms with E-state index in [1.54, 1.807) is 23.1 Å². The Morgan fingerprint density at radius 1 is 1.33 bits per heavy atom. The molecule has 3 rings (SSSR count). The lowest BCUT2D eigenvalue weighted by atomic mass is 10.3. The first-order valence-electron chi connectivity index (χ1n) is 6.62. The van der Waals surface area contributed by atoms with E-state index in [0.717, 1.165) is 6.42 Å². The predicted molar refractivity (Wildman–Crippen MR) is 72.2 cm³/mol. The zero-order valence-electron chi connectivity index (χ0n) is 11.6. The van der Waals surface area contributed by atoms with Crippen molar-refractivity contribution < 1.29 is 18.7 Å². The van der Waals surface area contributed by atoms with E-state index in [1.807, 2.05) is 0 Å². The molecule has 0 N–H and O–H groups in total. The summed E-state index contributed by atoms with van der Waals surface area (Å²) >= 11 is 0. The van der Waals surface area contributed by atoms with Gasteiger partial charge in [0.25, 0.3) is 5.91 Å². The molecule has 3 heterocycles. The van der Waals surface area contributed by atoms with Crippen LogP contribution in [0.2, 0.25) is 0 Å². The highest BCUT2D eigenvalue weighted by Crippen LogP contribution is 2.19. The van der Waals surface area contributed by atoms with Crippen LogP contribution in [0, 0.1) is 0 Å². The minimum Gasteiger partial charge on any atom is -0.480 e. The van der Waals surface area contributed by atoms with Gasteiger partial charge in [-0.15, -0.1) is 10.2 Å². The first-order valence-corrected chi connectivity index (χ1v) is 6.62. The lowest BCUT2D eigenvalue weighted by Gasteiger charge is -2.15. The molecular weight excluding hydrogens is 274 g/mol. The molecule has 0 bridgehead atoms. The molecule has 1 atom stereocenters. The van der Waals surface area contributed by atoms with Crippen LogP contribution in [0.5, 0.6) is 11.8 Å². The summed E-state index contributed by atoms with van der Waals surface area (Å²) in [4.78, 5) is 13.9. The van der Waals surface area contributed by atoms with Gasteiger partial charge in [0.1, 0.15) is 12.4 Å². The number of hydrogen-bond donors (Lipinski definition) is 0. The van der Waals surface area contributed by atoms with Crippen molar-refractivity contribution in [1.82, 2.24) is 15.1 Å². The monoisotopic (exact) mass is 289 g/mol. The molecule has 0 spiro atoms. The van der Waals surface area contributed by atoms with E-state index in [4.69, 9.17) is 13.9 Å². The van der Waals surface area contributed by atoms with Crippen molar-refractivity contribution in [3.63, 3.8) is 0 Å². The van der Waals surface area contributed by atoms with E-state index in [9.17, 15) is 4.79 Å². The average molecular weight is 289 g/mol. The van der Waals surface area contributed by atoms with Crippen LogP contribution in [-0.4, -0.2) is 47.3 Å². The lowest BCUT2D eigenvalue weighted by molar-refractivity contribution is 0.0770. The minimum absolute atomic E-state index is 0.0457. The molecular formula is C14H15N3O4. The number of likely N-dealkylation sites (tertiary alicyclic amines) is 1. The zero-order chi connectivity index (χ0) is 14.7. The van der Waals surface area contributed by atoms with Crippen LogP contribution in [0.25, 0.3) is 0 Å². The maximum atomic E-state index is 12.2. The molecule has 1 aliphatic rings. The molecule has 2 aromatic rings. The van der Waals surface area contributed by atoms with Crippen molar-refractivity contribution in [2.75, 3.05) is 20.2 Å². The molecule has 0 radical (unpaired) electrons. The second-order valence-corrected chi connectivity index (χ2v) is 4.71. The van der Waals surface area contributed by atoms with Gasteiger partial charge in [0, 0.05) is 25.1 Å². The van der Waals surface area contributed by atoms with Gasteiger partial charge in [0.2, 0.25) is 11.8 Å². The van der Waals surface area contributed by atoms with Crippen molar-refractivity contribution in [2.45, 2.75) is 12.5 Å². The highest BCUT2D eigenvalue weighted by molar-refractivity contribution is 5.94. The van der Waals surface area contributed by atoms with Gasteiger partial charge in [-0.3, -0.25) is 4.79 Å². The SMILES string of the molecule is COc1ccc(O[C@@H]2CCN(C(=O)c3ccoc3)C2)nn1. The number of rotatable bonds is 4. The normalized spacial score (nSPS) is 17.8. The number of methoxy groups -OCH3 is 1. The molecule has 0 unspecified atom stereocenters. The number of hydrogen-bond acceptors (Lipinski definition) is 6. The molecule has 7 heteroatoms. The summed E-state index contributed by atoms with van der Waals surface area (Å²) in [5, 5.41) is 7.76. The largest absolute Gasteiger partial charge is 0.480 e. The Kier molecular flexibility index (Phi) is 3.72. The Labute approximate surface area is 121 Å². The van der Waals surface area contributed by atoms with Gasteiger partial charge in [-0.05, 0) is 6.07 Å². The minimum atomic E-state index is -0.0801. The van der Waals surface area contributed by atoms with Gasteiger partial charge >= 0.3 is 0 Å². The van der Waals surface area contributed by atoms with Gasteiger partial charge in [-0.1, -0.05) is 0 Å². The van der Waals surface area contributed by atoms with Crippen LogP contribution < -0.4 is 9.47 Å². The Morgan fingerprint density at radius 3 is 2.81 bits per heavy atom. The van der Waals surface area contributed by atoms with Gasteiger partial charge in [0.05, 0.1) is 25.5 Å². The molecule has 2 aromatic heterocycles. The number of amides is 1. The summed E-state index contributed by atoms with van der Waals surface area (Å²) in [6, 6.07) is 5.05. The number of furan rings is 1. The van der Waals surface area contributed by atoms with Crippen LogP contribution in [0.15, 0.2) is 35.1 Å². The molecule has 1 fully saturated rings. The summed E-state index contributed by atoms with van der Waals surface area (Å²) in [6.07, 6.45) is 3.62. The predicted octanol–water partition coefficient (Wildman–Crippen LogP) is 1.37. The average Bonchev–Trinajstić information content (AvgIpc) is 3.19. The third kappa shape index (κ3) is 2.96. The Hall–Kier alpha value is -2.57. The van der Waals surface area contributed by atoms with Crippen molar-refractivity contribution in [2.24, 2.45) is 0 Å². The highest BCUT2D eigenvalue weighted by atomic mass is 16.5. The Balaban J connectivity index is 1.58. The lowest BCUT2D eigenvalue weighted by Crippen LogP contribution is -2.30. The molecule has 1 amide bonds. The molecule has 7 nitrogen and oxygen atoms in total. The first-order chi connectivity index (χ1) is 10.3. The summed E-state index contributed by atoms with van der Waals surface area (Å²) < 4.78 is 15.6. The van der Waals surface area contributed by atoms with Crippen molar-refractivity contribution in [3.05, 3.63) is 36.3 Å². The maximum Gasteiger partial charge on any atom is 0.257 e. The summed E-state index contributed by atoms with van der Waals surface area (Å²) in [5.74, 6) is 0.819. The molecule has 1 aliphatic heterocycles. The summed E-state index contributed by atoms with van der Waals surface area (Å²) in [7, 11) is 1.53. The fourth-order valence-corrected chi connectivity index (χ4v) is 2.23. The van der Waals surface area contributed by atoms with E-state index in [0.29, 0.717) is 30.4 Å². The van der Waals surface area contributed by atoms with Gasteiger partial charge in [-0.25, -0.2) is 0 Å². The van der Waals surface area contributed by atoms with Crippen LogP contribution in [0.3, 0.4) is 0 Å². The van der Waals surface area contributed by atoms with Crippen LogP contribution in [0.4, 0.5) is 0 Å². The quantitative estimate of drug-likeness (QED) is 0.846. The van der Waals surface area contributed by atoms with Gasteiger partial charge in [-0.2, -0.15) is 0 Å². The number of carbonyl (C=O) groups excluding carboxylic acids is 1. The Morgan fingerprint density at radius 2 is 2.14 bits per heavy atom. The fraction of sp³-hybridized carbons (Fsp3) is 0.357. The number of aromatic nitrogens is 2. The summed E-state index contributed by atoms with van der Waals surface area (Å²) in [5.41, 5.74) is 0.555. The van der Waals surface area contributed by atoms with E-state index >= 15 is 0 Å². The number of nitrogens with zero attached hydrogens (tertiary/aromatic N) is 3. The maximum absolute atomic E-state index is 12.2. The second kappa shape index (κ2) is 5.82. The van der Waals surface area contributed by atoms with Gasteiger partial charge < -0.3 is 18.8 Å². The molecule has 0 saturated carbocycles. The van der Waals surface area contributed by atoms with Crippen molar-refractivity contribution in [1.29, 1.82) is 0 Å². The van der Waals surface area contributed by atoms with Crippen molar-refractivity contribution in [3.8, 4) is 11.8 Å². The third-order valence-corrected chi connectivity index (χ3v) is 3.31. The fourth-order valence-electron chi connectivity index (χ4n) is 2.23. The molecule has 110 valence electrons. The van der Waals surface area contributed by atoms with Crippen molar-refractivity contribution >= 4 is 5.91 Å². The smallest absolute Gasteiger partial charge is 0.257 e. The third-order valence-electron chi connectivity index (χ3n) is 3.31. The molecule has 0 aliphatic carbocycles. The molecule has 1 saturated heterocycles. The number of carbonyl (C=O) groups is 1. The topological polar surface area (TPSA) is 77.7 Å². The molecule has 0 aromatic carbocycles. The van der Waals surface area contributed by atoms with Crippen LogP contribution in [0.1, 0.15) is 16.8 Å². The van der Waals surface area contributed by atoms with Crippen LogP contribution >= 0.6 is 0 Å². The van der Waals surface area contributed by atoms with Gasteiger partial charge in [0.15, 0.2) is 0 Å². The van der Waals surface area contributed by atoms with Crippen LogP contribution in [-0.2, 0) is 0 Å². The zero-order valence-corrected chi connectivity index (χ0v) is 11.6. The summed E-state index contributed by atoms with van der Waals surface area (Å²) in [6.45, 7) is 1.18. The van der Waals surface area contributed by atoms with E-state index in [-0.39, 0.29) is 12.0 Å². The first kappa shape index (κ1) is 13.4. The van der Waals surface area contributed by atoms with E-state index < -0.39 is 0 Å². The van der Waals surface area contributed by atoms with E-state index in [2.05, 4.69) is 10.2 Å². The standard InChI is InChI=1S/C14H15N3O4/c1-19-12-2-3-13(16-15-12)21-11-4-6-17(8-11)14(18)10-5-7-20-9-10/h2-3,5,7,9,11H,4,6,8H2,1H3/t11-/m1/s1. The van der Waals surface area contributed by atoms with E-state index in [1.165, 1.54) is 19.6 Å². The second-order valence-electron chi connectivity index (χ2n) is 4.71. The Bertz CT molecular complexity index is 597. The molecule has 21 heavy (non-hydrogen) atoms. The number of ether oxygens (including phenoxy) is 2.